The fourth-order valence-corrected chi connectivity index (χ4v) is 3.19. The molecular formula is C22H21N3. The molecule has 0 aliphatic carbocycles. The average Bonchev–Trinajstić information content (AvgIpc) is 3.09. The van der Waals surface area contributed by atoms with Crippen molar-refractivity contribution in [2.75, 3.05) is 5.01 Å². The lowest BCUT2D eigenvalue weighted by Crippen LogP contribution is -2.18. The van der Waals surface area contributed by atoms with Crippen LogP contribution in [0.3, 0.4) is 0 Å². The second kappa shape index (κ2) is 6.52. The average molecular weight is 327 g/mol. The normalized spacial score (nSPS) is 16.8. The van der Waals surface area contributed by atoms with Gasteiger partial charge in [-0.1, -0.05) is 48.0 Å². The molecule has 0 radical (unpaired) electrons. The molecule has 0 bridgehead atoms. The van der Waals surface area contributed by atoms with Gasteiger partial charge in [-0.3, -0.25) is 9.99 Å². The maximum Gasteiger partial charge on any atom is 0.0831 e. The highest BCUT2D eigenvalue weighted by Crippen LogP contribution is 2.36. The lowest BCUT2D eigenvalue weighted by Gasteiger charge is -2.24. The zero-order valence-electron chi connectivity index (χ0n) is 14.6. The third-order valence-corrected chi connectivity index (χ3v) is 4.64. The molecule has 25 heavy (non-hydrogen) atoms. The monoisotopic (exact) mass is 327 g/mol. The highest BCUT2D eigenvalue weighted by atomic mass is 15.5. The van der Waals surface area contributed by atoms with E-state index in [0.717, 1.165) is 29.1 Å². The number of anilines is 1. The number of rotatable bonds is 3. The van der Waals surface area contributed by atoms with Crippen molar-refractivity contribution < 1.29 is 0 Å². The molecule has 0 spiro atoms. The number of hydrogen-bond acceptors (Lipinski definition) is 3. The van der Waals surface area contributed by atoms with Crippen molar-refractivity contribution in [1.82, 2.24) is 4.98 Å². The van der Waals surface area contributed by atoms with Gasteiger partial charge in [0, 0.05) is 23.9 Å². The van der Waals surface area contributed by atoms with Crippen LogP contribution in [-0.4, -0.2) is 10.7 Å². The number of pyridine rings is 1. The second-order valence-electron chi connectivity index (χ2n) is 6.55. The molecule has 2 heterocycles. The van der Waals surface area contributed by atoms with Gasteiger partial charge in [0.2, 0.25) is 0 Å². The summed E-state index contributed by atoms with van der Waals surface area (Å²) in [6.07, 6.45) is 2.80. The van der Waals surface area contributed by atoms with E-state index in [-0.39, 0.29) is 6.04 Å². The summed E-state index contributed by atoms with van der Waals surface area (Å²) in [6.45, 7) is 4.12. The van der Waals surface area contributed by atoms with Gasteiger partial charge in [0.25, 0.3) is 0 Å². The molecule has 3 nitrogen and oxygen atoms in total. The maximum atomic E-state index is 4.95. The Labute approximate surface area is 148 Å². The fraction of sp³-hybridized carbons (Fsp3) is 0.182. The summed E-state index contributed by atoms with van der Waals surface area (Å²) in [4.78, 5) is 4.43. The van der Waals surface area contributed by atoms with Crippen LogP contribution in [0.1, 0.15) is 34.8 Å². The Morgan fingerprint density at radius 2 is 1.64 bits per heavy atom. The van der Waals surface area contributed by atoms with E-state index in [4.69, 9.17) is 5.10 Å². The van der Waals surface area contributed by atoms with Crippen LogP contribution in [0, 0.1) is 13.8 Å². The van der Waals surface area contributed by atoms with Crippen molar-refractivity contribution >= 4 is 11.4 Å². The van der Waals surface area contributed by atoms with Crippen molar-refractivity contribution in [2.24, 2.45) is 5.10 Å². The molecule has 3 heteroatoms. The summed E-state index contributed by atoms with van der Waals surface area (Å²) in [6, 6.07) is 23.5. The minimum atomic E-state index is 0.208. The van der Waals surface area contributed by atoms with Gasteiger partial charge in [-0.2, -0.15) is 5.10 Å². The Morgan fingerprint density at radius 3 is 2.32 bits per heavy atom. The molecule has 1 aliphatic heterocycles. The number of aryl methyl sites for hydroxylation is 2. The van der Waals surface area contributed by atoms with Gasteiger partial charge in [-0.05, 0) is 43.7 Å². The molecule has 4 rings (SSSR count). The minimum Gasteiger partial charge on any atom is -0.261 e. The van der Waals surface area contributed by atoms with E-state index in [9.17, 15) is 0 Å². The number of benzene rings is 2. The van der Waals surface area contributed by atoms with Gasteiger partial charge in [0.05, 0.1) is 17.4 Å². The molecule has 124 valence electrons. The van der Waals surface area contributed by atoms with Crippen molar-refractivity contribution in [3.63, 3.8) is 0 Å². The molecule has 3 aromatic rings. The minimum absolute atomic E-state index is 0.208. The zero-order valence-corrected chi connectivity index (χ0v) is 14.6. The van der Waals surface area contributed by atoms with Crippen molar-refractivity contribution in [1.29, 1.82) is 0 Å². The van der Waals surface area contributed by atoms with Crippen LogP contribution in [-0.2, 0) is 0 Å². The number of aromatic nitrogens is 1. The maximum absolute atomic E-state index is 4.95. The standard InChI is InChI=1S/C22H21N3/c1-16-8-11-18(12-9-16)22-14-21(19-13-10-17(2)23-15-19)24-25(22)20-6-4-3-5-7-20/h3-13,15,22H,14H2,1-2H3. The van der Waals surface area contributed by atoms with Gasteiger partial charge < -0.3 is 0 Å². The third kappa shape index (κ3) is 3.18. The van der Waals surface area contributed by atoms with Crippen LogP contribution in [0.4, 0.5) is 5.69 Å². The van der Waals surface area contributed by atoms with E-state index >= 15 is 0 Å². The summed E-state index contributed by atoms with van der Waals surface area (Å²) < 4.78 is 0. The molecular weight excluding hydrogens is 306 g/mol. The highest BCUT2D eigenvalue weighted by Gasteiger charge is 2.29. The molecule has 2 aromatic carbocycles. The molecule has 0 N–H and O–H groups in total. The van der Waals surface area contributed by atoms with Crippen LogP contribution in [0.25, 0.3) is 0 Å². The quantitative estimate of drug-likeness (QED) is 0.673. The van der Waals surface area contributed by atoms with E-state index in [0.29, 0.717) is 0 Å². The molecule has 1 atom stereocenters. The van der Waals surface area contributed by atoms with Crippen LogP contribution >= 0.6 is 0 Å². The van der Waals surface area contributed by atoms with Crippen LogP contribution in [0.5, 0.6) is 0 Å². The Bertz CT molecular complexity index is 881. The third-order valence-electron chi connectivity index (χ3n) is 4.64. The van der Waals surface area contributed by atoms with Crippen molar-refractivity contribution in [3.8, 4) is 0 Å². The number of para-hydroxylation sites is 1. The van der Waals surface area contributed by atoms with Gasteiger partial charge in [0.15, 0.2) is 0 Å². The van der Waals surface area contributed by atoms with Gasteiger partial charge in [0.1, 0.15) is 0 Å². The summed E-state index contributed by atoms with van der Waals surface area (Å²) in [5.41, 5.74) is 6.88. The number of nitrogens with zero attached hydrogens (tertiary/aromatic N) is 3. The van der Waals surface area contributed by atoms with Crippen LogP contribution in [0.2, 0.25) is 0 Å². The first-order valence-electron chi connectivity index (χ1n) is 8.62. The van der Waals surface area contributed by atoms with E-state index in [1.54, 1.807) is 0 Å². The van der Waals surface area contributed by atoms with Crippen LogP contribution < -0.4 is 5.01 Å². The zero-order chi connectivity index (χ0) is 17.2. The molecule has 0 fully saturated rings. The Morgan fingerprint density at radius 1 is 0.880 bits per heavy atom. The number of hydrazone groups is 1. The molecule has 0 saturated carbocycles. The van der Waals surface area contributed by atoms with Crippen molar-refractivity contribution in [2.45, 2.75) is 26.3 Å². The smallest absolute Gasteiger partial charge is 0.0831 e. The summed E-state index contributed by atoms with van der Waals surface area (Å²) >= 11 is 0. The Kier molecular flexibility index (Phi) is 4.06. The first kappa shape index (κ1) is 15.6. The second-order valence-corrected chi connectivity index (χ2v) is 6.55. The first-order valence-corrected chi connectivity index (χ1v) is 8.62. The summed E-state index contributed by atoms with van der Waals surface area (Å²) in [7, 11) is 0. The molecule has 0 saturated heterocycles. The SMILES string of the molecule is Cc1ccc(C2CC(c3ccc(C)nc3)=NN2c2ccccc2)cc1. The molecule has 1 unspecified atom stereocenters. The lowest BCUT2D eigenvalue weighted by molar-refractivity contribution is 0.709. The molecule has 0 amide bonds. The Balaban J connectivity index is 1.73. The van der Waals surface area contributed by atoms with Gasteiger partial charge in [-0.25, -0.2) is 0 Å². The first-order chi connectivity index (χ1) is 12.2. The number of hydrogen-bond donors (Lipinski definition) is 0. The van der Waals surface area contributed by atoms with Gasteiger partial charge in [-0.15, -0.1) is 0 Å². The predicted molar refractivity (Wildman–Crippen MR) is 103 cm³/mol. The van der Waals surface area contributed by atoms with E-state index in [1.807, 2.05) is 25.3 Å². The Hall–Kier alpha value is -2.94. The largest absolute Gasteiger partial charge is 0.261 e. The summed E-state index contributed by atoms with van der Waals surface area (Å²) in [5, 5.41) is 7.09. The van der Waals surface area contributed by atoms with E-state index in [1.165, 1.54) is 11.1 Å². The fourth-order valence-electron chi connectivity index (χ4n) is 3.19. The van der Waals surface area contributed by atoms with E-state index < -0.39 is 0 Å². The molecule has 1 aliphatic rings. The van der Waals surface area contributed by atoms with Gasteiger partial charge >= 0.3 is 0 Å². The lowest BCUT2D eigenvalue weighted by atomic mass is 9.98. The van der Waals surface area contributed by atoms with Crippen molar-refractivity contribution in [3.05, 3.63) is 95.3 Å². The predicted octanol–water partition coefficient (Wildman–Crippen LogP) is 5.05. The molecule has 1 aromatic heterocycles. The topological polar surface area (TPSA) is 28.5 Å². The summed E-state index contributed by atoms with van der Waals surface area (Å²) in [5.74, 6) is 0. The van der Waals surface area contributed by atoms with Crippen LogP contribution in [0.15, 0.2) is 78.0 Å². The van der Waals surface area contributed by atoms with E-state index in [2.05, 4.69) is 71.5 Å². The highest BCUT2D eigenvalue weighted by molar-refractivity contribution is 6.03.